The average Bonchev–Trinajstić information content (AvgIpc) is 3.26. The SMILES string of the molecule is O=C(O)CN(CC1CC1)C1CC(NCc2cccc(OC3CCCC3)c2)C1. The van der Waals surface area contributed by atoms with E-state index in [0.717, 1.165) is 37.6 Å². The summed E-state index contributed by atoms with van der Waals surface area (Å²) in [6, 6.07) is 9.36. The van der Waals surface area contributed by atoms with Gasteiger partial charge in [-0.1, -0.05) is 12.1 Å². The summed E-state index contributed by atoms with van der Waals surface area (Å²) in [7, 11) is 0. The first-order valence-corrected chi connectivity index (χ1v) is 10.6. The maximum atomic E-state index is 11.1. The number of carboxylic acids is 1. The minimum atomic E-state index is -0.703. The van der Waals surface area contributed by atoms with E-state index < -0.39 is 5.97 Å². The quantitative estimate of drug-likeness (QED) is 0.659. The molecule has 0 unspecified atom stereocenters. The van der Waals surface area contributed by atoms with Crippen LogP contribution in [0.3, 0.4) is 0 Å². The Bertz CT molecular complexity index is 634. The maximum absolute atomic E-state index is 11.1. The van der Waals surface area contributed by atoms with Gasteiger partial charge in [0.1, 0.15) is 5.75 Å². The van der Waals surface area contributed by atoms with Crippen molar-refractivity contribution in [3.63, 3.8) is 0 Å². The number of carbonyl (C=O) groups is 1. The van der Waals surface area contributed by atoms with Crippen molar-refractivity contribution >= 4 is 5.97 Å². The Labute approximate surface area is 162 Å². The van der Waals surface area contributed by atoms with Crippen molar-refractivity contribution in [2.75, 3.05) is 13.1 Å². The first-order valence-electron chi connectivity index (χ1n) is 10.6. The van der Waals surface area contributed by atoms with Crippen LogP contribution >= 0.6 is 0 Å². The van der Waals surface area contributed by atoms with Crippen LogP contribution in [0, 0.1) is 5.92 Å². The summed E-state index contributed by atoms with van der Waals surface area (Å²) >= 11 is 0. The molecule has 27 heavy (non-hydrogen) atoms. The van der Waals surface area contributed by atoms with Gasteiger partial charge in [0.2, 0.25) is 0 Å². The maximum Gasteiger partial charge on any atom is 0.317 e. The average molecular weight is 373 g/mol. The minimum absolute atomic E-state index is 0.189. The van der Waals surface area contributed by atoms with E-state index in [2.05, 4.69) is 34.5 Å². The molecule has 3 aliphatic carbocycles. The fraction of sp³-hybridized carbons (Fsp3) is 0.682. The molecular formula is C22H32N2O3. The Kier molecular flexibility index (Phi) is 5.98. The van der Waals surface area contributed by atoms with Gasteiger partial charge >= 0.3 is 5.97 Å². The van der Waals surface area contributed by atoms with Crippen LogP contribution in [0.25, 0.3) is 0 Å². The van der Waals surface area contributed by atoms with Gasteiger partial charge in [-0.25, -0.2) is 0 Å². The zero-order chi connectivity index (χ0) is 18.6. The van der Waals surface area contributed by atoms with Gasteiger partial charge in [0.05, 0.1) is 12.6 Å². The van der Waals surface area contributed by atoms with Crippen molar-refractivity contribution in [2.45, 2.75) is 76.1 Å². The van der Waals surface area contributed by atoms with Crippen molar-refractivity contribution in [1.82, 2.24) is 10.2 Å². The van der Waals surface area contributed by atoms with E-state index in [4.69, 9.17) is 9.84 Å². The van der Waals surface area contributed by atoms with Gasteiger partial charge in [0, 0.05) is 25.2 Å². The number of hydrogen-bond donors (Lipinski definition) is 2. The molecule has 2 N–H and O–H groups in total. The third-order valence-corrected chi connectivity index (χ3v) is 6.26. The molecule has 0 aromatic heterocycles. The molecule has 5 nitrogen and oxygen atoms in total. The summed E-state index contributed by atoms with van der Waals surface area (Å²) in [6.07, 6.45) is 9.97. The van der Waals surface area contributed by atoms with Crippen molar-refractivity contribution in [3.05, 3.63) is 29.8 Å². The Balaban J connectivity index is 1.21. The van der Waals surface area contributed by atoms with Gasteiger partial charge in [-0.2, -0.15) is 0 Å². The lowest BCUT2D eigenvalue weighted by molar-refractivity contribution is -0.139. The number of aliphatic carboxylic acids is 1. The second-order valence-corrected chi connectivity index (χ2v) is 8.64. The van der Waals surface area contributed by atoms with Crippen LogP contribution < -0.4 is 10.1 Å². The van der Waals surface area contributed by atoms with Crippen molar-refractivity contribution < 1.29 is 14.6 Å². The van der Waals surface area contributed by atoms with Gasteiger partial charge in [0.25, 0.3) is 0 Å². The molecule has 3 fully saturated rings. The van der Waals surface area contributed by atoms with Crippen LogP contribution in [0.15, 0.2) is 24.3 Å². The lowest BCUT2D eigenvalue weighted by Crippen LogP contribution is -2.54. The number of rotatable bonds is 10. The van der Waals surface area contributed by atoms with Crippen molar-refractivity contribution in [3.8, 4) is 5.75 Å². The van der Waals surface area contributed by atoms with Gasteiger partial charge < -0.3 is 15.2 Å². The van der Waals surface area contributed by atoms with Gasteiger partial charge in [-0.05, 0) is 75.0 Å². The molecule has 5 heteroatoms. The van der Waals surface area contributed by atoms with Crippen LogP contribution in [-0.2, 0) is 11.3 Å². The Hall–Kier alpha value is -1.59. The standard InChI is InChI=1S/C22H32N2O3/c25-22(26)15-24(14-16-8-9-16)19-11-18(12-19)23-13-17-4-3-7-21(10-17)27-20-5-1-2-6-20/h3-4,7,10,16,18-20,23H,1-2,5-6,8-9,11-15H2,(H,25,26). The minimum Gasteiger partial charge on any atom is -0.490 e. The molecule has 3 aliphatic rings. The Morgan fingerprint density at radius 3 is 2.67 bits per heavy atom. The molecule has 0 radical (unpaired) electrons. The number of ether oxygens (including phenoxy) is 1. The molecular weight excluding hydrogens is 340 g/mol. The normalized spacial score (nSPS) is 25.5. The van der Waals surface area contributed by atoms with E-state index in [1.807, 2.05) is 0 Å². The predicted molar refractivity (Wildman–Crippen MR) is 105 cm³/mol. The van der Waals surface area contributed by atoms with E-state index in [0.29, 0.717) is 18.2 Å². The Morgan fingerprint density at radius 1 is 1.19 bits per heavy atom. The van der Waals surface area contributed by atoms with Crippen molar-refractivity contribution in [2.24, 2.45) is 5.92 Å². The number of carboxylic acid groups (broad SMARTS) is 1. The molecule has 0 spiro atoms. The summed E-state index contributed by atoms with van der Waals surface area (Å²) < 4.78 is 6.10. The second kappa shape index (κ2) is 8.61. The molecule has 0 atom stereocenters. The van der Waals surface area contributed by atoms with E-state index in [1.165, 1.54) is 44.1 Å². The highest BCUT2D eigenvalue weighted by molar-refractivity contribution is 5.69. The van der Waals surface area contributed by atoms with Crippen LogP contribution in [0.1, 0.15) is 56.9 Å². The third-order valence-electron chi connectivity index (χ3n) is 6.26. The summed E-state index contributed by atoms with van der Waals surface area (Å²) in [4.78, 5) is 13.3. The first kappa shape index (κ1) is 18.8. The van der Waals surface area contributed by atoms with Crippen LogP contribution in [0.2, 0.25) is 0 Å². The molecule has 1 aromatic rings. The Morgan fingerprint density at radius 2 is 1.96 bits per heavy atom. The fourth-order valence-corrected chi connectivity index (χ4v) is 4.39. The summed E-state index contributed by atoms with van der Waals surface area (Å²) in [5, 5.41) is 12.8. The zero-order valence-electron chi connectivity index (χ0n) is 16.1. The van der Waals surface area contributed by atoms with E-state index in [1.54, 1.807) is 0 Å². The number of hydrogen-bond acceptors (Lipinski definition) is 4. The van der Waals surface area contributed by atoms with Gasteiger partial charge in [-0.3, -0.25) is 9.69 Å². The first-order chi connectivity index (χ1) is 13.2. The molecule has 3 saturated carbocycles. The highest BCUT2D eigenvalue weighted by atomic mass is 16.5. The predicted octanol–water partition coefficient (Wildman–Crippen LogP) is 3.43. The molecule has 0 aliphatic heterocycles. The summed E-state index contributed by atoms with van der Waals surface area (Å²) in [5.41, 5.74) is 1.26. The highest BCUT2D eigenvalue weighted by Gasteiger charge is 2.36. The number of benzene rings is 1. The summed E-state index contributed by atoms with van der Waals surface area (Å²) in [5.74, 6) is 1.02. The van der Waals surface area contributed by atoms with Gasteiger partial charge in [-0.15, -0.1) is 0 Å². The van der Waals surface area contributed by atoms with E-state index in [-0.39, 0.29) is 6.54 Å². The second-order valence-electron chi connectivity index (χ2n) is 8.64. The van der Waals surface area contributed by atoms with Crippen LogP contribution in [0.5, 0.6) is 5.75 Å². The fourth-order valence-electron chi connectivity index (χ4n) is 4.39. The molecule has 1 aromatic carbocycles. The van der Waals surface area contributed by atoms with E-state index >= 15 is 0 Å². The number of nitrogens with zero attached hydrogens (tertiary/aromatic N) is 1. The molecule has 0 saturated heterocycles. The highest BCUT2D eigenvalue weighted by Crippen LogP contribution is 2.34. The lowest BCUT2D eigenvalue weighted by atomic mass is 9.85. The smallest absolute Gasteiger partial charge is 0.317 e. The zero-order valence-corrected chi connectivity index (χ0v) is 16.1. The topological polar surface area (TPSA) is 61.8 Å². The van der Waals surface area contributed by atoms with Crippen LogP contribution in [-0.4, -0.2) is 47.3 Å². The lowest BCUT2D eigenvalue weighted by Gasteiger charge is -2.43. The van der Waals surface area contributed by atoms with E-state index in [9.17, 15) is 4.79 Å². The third kappa shape index (κ3) is 5.45. The largest absolute Gasteiger partial charge is 0.490 e. The van der Waals surface area contributed by atoms with Crippen LogP contribution in [0.4, 0.5) is 0 Å². The number of nitrogens with one attached hydrogen (secondary N) is 1. The summed E-state index contributed by atoms with van der Waals surface area (Å²) in [6.45, 7) is 2.00. The monoisotopic (exact) mass is 372 g/mol. The molecule has 0 bridgehead atoms. The molecule has 0 heterocycles. The van der Waals surface area contributed by atoms with Crippen molar-refractivity contribution in [1.29, 1.82) is 0 Å². The molecule has 4 rings (SSSR count). The molecule has 0 amide bonds. The van der Waals surface area contributed by atoms with Gasteiger partial charge in [0.15, 0.2) is 0 Å². The molecule has 148 valence electrons.